The number of benzene rings is 1. The van der Waals surface area contributed by atoms with Crippen molar-refractivity contribution in [2.75, 3.05) is 0 Å². The number of hydrogen-bond donors (Lipinski definition) is 3. The lowest BCUT2D eigenvalue weighted by Crippen LogP contribution is -2.29. The number of aromatic hydroxyl groups is 1. The maximum atomic E-state index is 12.1. The Hall–Kier alpha value is -3.28. The number of fused-ring (bicyclic) bond motifs is 3. The lowest BCUT2D eigenvalue weighted by atomic mass is 9.85. The predicted octanol–water partition coefficient (Wildman–Crippen LogP) is 3.18. The van der Waals surface area contributed by atoms with Gasteiger partial charge in [-0.05, 0) is 26.0 Å². The fraction of sp³-hybridized carbons (Fsp3) is 0.158. The van der Waals surface area contributed by atoms with Crippen LogP contribution in [0.2, 0.25) is 0 Å². The van der Waals surface area contributed by atoms with Gasteiger partial charge in [0.05, 0.1) is 11.9 Å². The van der Waals surface area contributed by atoms with Crippen molar-refractivity contribution in [3.8, 4) is 33.9 Å². The maximum Gasteiger partial charge on any atom is 0.265 e. The Morgan fingerprint density at radius 1 is 1.24 bits per heavy atom. The minimum atomic E-state index is -0.743. The van der Waals surface area contributed by atoms with Crippen LogP contribution in [0.1, 0.15) is 29.9 Å². The fourth-order valence-corrected chi connectivity index (χ4v) is 3.44. The molecule has 2 aromatic heterocycles. The standard InChI is InChI=1S/C19H17N3O3/c1-19(2)15-14(10-5-3-4-6-12(10)23)17(18(20)24)22-16(15)11-7-8-21-9-13(11)25-19/h3-9,22-23H,1-2H3,(H2,20,24). The van der Waals surface area contributed by atoms with E-state index in [0.29, 0.717) is 16.9 Å². The molecule has 0 bridgehead atoms. The molecule has 0 saturated carbocycles. The van der Waals surface area contributed by atoms with Crippen LogP contribution in [0.25, 0.3) is 22.4 Å². The number of phenols is 1. The van der Waals surface area contributed by atoms with Crippen LogP contribution in [0.4, 0.5) is 0 Å². The molecular weight excluding hydrogens is 318 g/mol. The topological polar surface area (TPSA) is 101 Å². The molecule has 25 heavy (non-hydrogen) atoms. The molecule has 0 unspecified atom stereocenters. The van der Waals surface area contributed by atoms with E-state index in [1.165, 1.54) is 0 Å². The number of carbonyl (C=O) groups is 1. The monoisotopic (exact) mass is 335 g/mol. The van der Waals surface area contributed by atoms with Crippen LogP contribution in [0.15, 0.2) is 42.7 Å². The van der Waals surface area contributed by atoms with Crippen molar-refractivity contribution in [2.24, 2.45) is 5.73 Å². The number of primary amides is 1. The Balaban J connectivity index is 2.13. The zero-order valence-corrected chi connectivity index (χ0v) is 13.8. The third kappa shape index (κ3) is 2.18. The van der Waals surface area contributed by atoms with Crippen LogP contribution >= 0.6 is 0 Å². The molecule has 0 fully saturated rings. The van der Waals surface area contributed by atoms with E-state index in [1.807, 2.05) is 19.9 Å². The van der Waals surface area contributed by atoms with Crippen molar-refractivity contribution < 1.29 is 14.6 Å². The van der Waals surface area contributed by atoms with E-state index < -0.39 is 11.5 Å². The molecule has 6 nitrogen and oxygen atoms in total. The number of carbonyl (C=O) groups excluding carboxylic acids is 1. The lowest BCUT2D eigenvalue weighted by Gasteiger charge is -2.33. The molecule has 1 aliphatic heterocycles. The summed E-state index contributed by atoms with van der Waals surface area (Å²) in [5.41, 5.74) is 8.54. The molecule has 1 aliphatic rings. The number of aromatic nitrogens is 2. The van der Waals surface area contributed by atoms with Gasteiger partial charge < -0.3 is 20.6 Å². The molecule has 1 aromatic carbocycles. The van der Waals surface area contributed by atoms with Gasteiger partial charge in [-0.2, -0.15) is 0 Å². The van der Waals surface area contributed by atoms with E-state index in [-0.39, 0.29) is 11.4 Å². The Morgan fingerprint density at radius 2 is 2.00 bits per heavy atom. The van der Waals surface area contributed by atoms with Crippen molar-refractivity contribution >= 4 is 5.91 Å². The summed E-state index contributed by atoms with van der Waals surface area (Å²) in [5.74, 6) is 0.100. The van der Waals surface area contributed by atoms with Gasteiger partial charge in [-0.3, -0.25) is 9.78 Å². The molecule has 0 aliphatic carbocycles. The molecular formula is C19H17N3O3. The molecule has 4 rings (SSSR count). The van der Waals surface area contributed by atoms with Gasteiger partial charge in [0.2, 0.25) is 0 Å². The van der Waals surface area contributed by atoms with E-state index in [9.17, 15) is 9.90 Å². The van der Waals surface area contributed by atoms with E-state index in [0.717, 1.165) is 16.8 Å². The molecule has 0 spiro atoms. The van der Waals surface area contributed by atoms with Crippen LogP contribution < -0.4 is 10.5 Å². The number of hydrogen-bond acceptors (Lipinski definition) is 4. The van der Waals surface area contributed by atoms with Crippen molar-refractivity contribution in [3.05, 3.63) is 54.0 Å². The highest BCUT2D eigenvalue weighted by Crippen LogP contribution is 2.50. The normalized spacial score (nSPS) is 14.3. The molecule has 3 heterocycles. The summed E-state index contributed by atoms with van der Waals surface area (Å²) in [4.78, 5) is 19.4. The van der Waals surface area contributed by atoms with E-state index >= 15 is 0 Å². The second kappa shape index (κ2) is 5.11. The van der Waals surface area contributed by atoms with Crippen molar-refractivity contribution in [1.82, 2.24) is 9.97 Å². The Labute approximate surface area is 144 Å². The number of nitrogens with one attached hydrogen (secondary N) is 1. The summed E-state index contributed by atoms with van der Waals surface area (Å²) in [6.45, 7) is 3.81. The number of amides is 1. The third-order valence-electron chi connectivity index (χ3n) is 4.44. The van der Waals surface area contributed by atoms with Crippen LogP contribution in [-0.4, -0.2) is 21.0 Å². The first kappa shape index (κ1) is 15.3. The Morgan fingerprint density at radius 3 is 2.72 bits per heavy atom. The minimum Gasteiger partial charge on any atom is -0.507 e. The number of pyridine rings is 1. The molecule has 3 aromatic rings. The molecule has 0 radical (unpaired) electrons. The highest BCUT2D eigenvalue weighted by Gasteiger charge is 2.39. The maximum absolute atomic E-state index is 12.1. The number of para-hydroxylation sites is 1. The number of ether oxygens (including phenoxy) is 1. The average Bonchev–Trinajstić information content (AvgIpc) is 2.97. The first-order valence-electron chi connectivity index (χ1n) is 7.88. The number of aromatic amines is 1. The number of phenolic OH excluding ortho intramolecular Hbond substituents is 1. The smallest absolute Gasteiger partial charge is 0.265 e. The molecule has 0 atom stereocenters. The van der Waals surface area contributed by atoms with Gasteiger partial charge in [0.25, 0.3) is 5.91 Å². The SMILES string of the molecule is CC1(C)Oc2cnccc2-c2[nH]c(C(N)=O)c(-c3ccccc3O)c21. The van der Waals surface area contributed by atoms with Gasteiger partial charge in [-0.25, -0.2) is 0 Å². The van der Waals surface area contributed by atoms with E-state index in [4.69, 9.17) is 10.5 Å². The van der Waals surface area contributed by atoms with Crippen LogP contribution in [-0.2, 0) is 5.60 Å². The summed E-state index contributed by atoms with van der Waals surface area (Å²) < 4.78 is 6.12. The first-order chi connectivity index (χ1) is 11.9. The summed E-state index contributed by atoms with van der Waals surface area (Å²) in [6.07, 6.45) is 3.30. The number of H-pyrrole nitrogens is 1. The van der Waals surface area contributed by atoms with Crippen molar-refractivity contribution in [1.29, 1.82) is 0 Å². The predicted molar refractivity (Wildman–Crippen MR) is 93.3 cm³/mol. The second-order valence-electron chi connectivity index (χ2n) is 6.49. The van der Waals surface area contributed by atoms with E-state index in [2.05, 4.69) is 9.97 Å². The van der Waals surface area contributed by atoms with Gasteiger partial charge in [-0.1, -0.05) is 18.2 Å². The molecule has 6 heteroatoms. The third-order valence-corrected chi connectivity index (χ3v) is 4.44. The van der Waals surface area contributed by atoms with Crippen LogP contribution in [0.3, 0.4) is 0 Å². The zero-order valence-electron chi connectivity index (χ0n) is 13.8. The van der Waals surface area contributed by atoms with Crippen molar-refractivity contribution in [3.63, 3.8) is 0 Å². The highest BCUT2D eigenvalue weighted by molar-refractivity contribution is 6.03. The van der Waals surface area contributed by atoms with Crippen LogP contribution in [0, 0.1) is 0 Å². The number of rotatable bonds is 2. The molecule has 4 N–H and O–H groups in total. The van der Waals surface area contributed by atoms with Gasteiger partial charge in [0.1, 0.15) is 22.8 Å². The van der Waals surface area contributed by atoms with Gasteiger partial charge in [-0.15, -0.1) is 0 Å². The largest absolute Gasteiger partial charge is 0.507 e. The van der Waals surface area contributed by atoms with E-state index in [1.54, 1.807) is 36.7 Å². The number of nitrogens with zero attached hydrogens (tertiary/aromatic N) is 1. The summed E-state index contributed by atoms with van der Waals surface area (Å²) in [5, 5.41) is 10.3. The van der Waals surface area contributed by atoms with Crippen molar-refractivity contribution in [2.45, 2.75) is 19.4 Å². The quantitative estimate of drug-likeness (QED) is 0.669. The zero-order chi connectivity index (χ0) is 17.8. The Kier molecular flexibility index (Phi) is 3.12. The summed E-state index contributed by atoms with van der Waals surface area (Å²) in [7, 11) is 0. The number of nitrogens with two attached hydrogens (primary N) is 1. The molecule has 0 saturated heterocycles. The Bertz CT molecular complexity index is 1000. The second-order valence-corrected chi connectivity index (χ2v) is 6.49. The first-order valence-corrected chi connectivity index (χ1v) is 7.88. The minimum absolute atomic E-state index is 0.0723. The van der Waals surface area contributed by atoms with Crippen LogP contribution in [0.5, 0.6) is 11.5 Å². The molecule has 126 valence electrons. The fourth-order valence-electron chi connectivity index (χ4n) is 3.44. The highest BCUT2D eigenvalue weighted by atomic mass is 16.5. The van der Waals surface area contributed by atoms with Gasteiger partial charge in [0, 0.05) is 28.5 Å². The van der Waals surface area contributed by atoms with Gasteiger partial charge >= 0.3 is 0 Å². The summed E-state index contributed by atoms with van der Waals surface area (Å²) in [6, 6.07) is 8.68. The van der Waals surface area contributed by atoms with Gasteiger partial charge in [0.15, 0.2) is 0 Å². The lowest BCUT2D eigenvalue weighted by molar-refractivity contribution is 0.0996. The summed E-state index contributed by atoms with van der Waals surface area (Å²) >= 11 is 0. The average molecular weight is 335 g/mol. The molecule has 1 amide bonds.